The number of rotatable bonds is 6. The zero-order valence-electron chi connectivity index (χ0n) is 35.2. The lowest BCUT2D eigenvalue weighted by molar-refractivity contribution is 0.665. The average molecular weight is 831 g/mol. The van der Waals surface area contributed by atoms with Crippen molar-refractivity contribution in [3.05, 3.63) is 253 Å². The summed E-state index contributed by atoms with van der Waals surface area (Å²) in [5.74, 6) is 0. The predicted octanol–water partition coefficient (Wildman–Crippen LogP) is 16.8. The third kappa shape index (κ3) is 4.91. The molecular formula is C61H38N2O2. The fourth-order valence-corrected chi connectivity index (χ4v) is 11.3. The topological polar surface area (TPSA) is 32.8 Å². The molecule has 0 N–H and O–H groups in total. The van der Waals surface area contributed by atoms with E-state index < -0.39 is 5.41 Å². The van der Waals surface area contributed by atoms with Crippen LogP contribution in [0.25, 0.3) is 66.1 Å². The molecule has 2 aromatic heterocycles. The maximum absolute atomic E-state index is 7.35. The molecule has 0 aliphatic heterocycles. The van der Waals surface area contributed by atoms with Crippen LogP contribution in [0.3, 0.4) is 0 Å². The summed E-state index contributed by atoms with van der Waals surface area (Å²) < 4.78 is 14.7. The van der Waals surface area contributed by atoms with Crippen molar-refractivity contribution >= 4 is 78.0 Å². The summed E-state index contributed by atoms with van der Waals surface area (Å²) in [7, 11) is 0. The van der Waals surface area contributed by atoms with Crippen molar-refractivity contribution in [1.82, 2.24) is 0 Å². The van der Waals surface area contributed by atoms with Crippen LogP contribution in [0.1, 0.15) is 22.3 Å². The summed E-state index contributed by atoms with van der Waals surface area (Å²) in [6.45, 7) is 0. The van der Waals surface area contributed by atoms with Crippen LogP contribution < -0.4 is 9.80 Å². The number of fused-ring (bicyclic) bond motifs is 18. The molecule has 14 rings (SSSR count). The minimum Gasteiger partial charge on any atom is -0.455 e. The first-order valence-corrected chi connectivity index (χ1v) is 22.3. The molecule has 0 saturated carbocycles. The van der Waals surface area contributed by atoms with Crippen molar-refractivity contribution in [2.75, 3.05) is 9.80 Å². The van der Waals surface area contributed by atoms with Crippen molar-refractivity contribution in [2.45, 2.75) is 5.41 Å². The van der Waals surface area contributed by atoms with Crippen LogP contribution in [0.15, 0.2) is 239 Å². The van der Waals surface area contributed by atoms with Gasteiger partial charge in [0.05, 0.1) is 27.6 Å². The summed E-state index contributed by atoms with van der Waals surface area (Å²) in [5, 5.41) is 4.23. The lowest BCUT2D eigenvalue weighted by Crippen LogP contribution is -2.26. The van der Waals surface area contributed by atoms with Crippen LogP contribution in [0.4, 0.5) is 34.1 Å². The van der Waals surface area contributed by atoms with Gasteiger partial charge in [-0.3, -0.25) is 0 Å². The first-order chi connectivity index (χ1) is 32.3. The van der Waals surface area contributed by atoms with Crippen LogP contribution in [0.5, 0.6) is 0 Å². The quantitative estimate of drug-likeness (QED) is 0.167. The predicted molar refractivity (Wildman–Crippen MR) is 267 cm³/mol. The van der Waals surface area contributed by atoms with Gasteiger partial charge in [0, 0.05) is 44.6 Å². The molecule has 10 aromatic carbocycles. The molecule has 2 aliphatic carbocycles. The van der Waals surface area contributed by atoms with E-state index in [-0.39, 0.29) is 0 Å². The second kappa shape index (κ2) is 13.7. The number of para-hydroxylation sites is 6. The van der Waals surface area contributed by atoms with Gasteiger partial charge in [0.2, 0.25) is 0 Å². The normalized spacial score (nSPS) is 13.0. The fourth-order valence-electron chi connectivity index (χ4n) is 11.3. The van der Waals surface area contributed by atoms with Crippen molar-refractivity contribution in [2.24, 2.45) is 0 Å². The van der Waals surface area contributed by atoms with E-state index in [1.807, 2.05) is 0 Å². The molecule has 2 aliphatic rings. The molecule has 0 fully saturated rings. The van der Waals surface area contributed by atoms with Crippen LogP contribution in [-0.4, -0.2) is 0 Å². The van der Waals surface area contributed by atoms with Crippen molar-refractivity contribution < 1.29 is 8.83 Å². The Balaban J connectivity index is 1.22. The highest BCUT2D eigenvalue weighted by Gasteiger charge is 2.54. The van der Waals surface area contributed by atoms with Crippen molar-refractivity contribution in [1.29, 1.82) is 0 Å². The molecule has 4 nitrogen and oxygen atoms in total. The largest absolute Gasteiger partial charge is 0.455 e. The van der Waals surface area contributed by atoms with E-state index in [0.29, 0.717) is 0 Å². The number of benzene rings is 10. The van der Waals surface area contributed by atoms with Gasteiger partial charge in [-0.15, -0.1) is 0 Å². The Labute approximate surface area is 375 Å². The number of hydrogen-bond donors (Lipinski definition) is 0. The summed E-state index contributed by atoms with van der Waals surface area (Å²) in [5.41, 5.74) is 18.3. The van der Waals surface area contributed by atoms with Gasteiger partial charge in [-0.1, -0.05) is 158 Å². The third-order valence-corrected chi connectivity index (χ3v) is 13.8. The van der Waals surface area contributed by atoms with Gasteiger partial charge in [0.1, 0.15) is 22.3 Å². The van der Waals surface area contributed by atoms with E-state index in [0.717, 1.165) is 100 Å². The van der Waals surface area contributed by atoms with Gasteiger partial charge in [-0.2, -0.15) is 0 Å². The van der Waals surface area contributed by atoms with Crippen LogP contribution >= 0.6 is 0 Å². The Kier molecular flexibility index (Phi) is 7.57. The smallest absolute Gasteiger partial charge is 0.145 e. The van der Waals surface area contributed by atoms with Crippen molar-refractivity contribution in [3.63, 3.8) is 0 Å². The minimum absolute atomic E-state index is 0.764. The highest BCUT2D eigenvalue weighted by molar-refractivity contribution is 6.25. The standard InChI is InChI=1S/C61H38N2O2/c1-5-21-39(22-6-1)62(40-23-7-2-8-24-40)51-37-49-57(59-55(51)45-31-15-19-35-53(45)64-59)58-50(61(49)47-33-17-13-29-43(47)44-30-14-18-34-48(44)61)38-52(56-46-32-16-20-36-54(46)65-60(56)58)63(41-25-9-3-10-26-41)42-27-11-4-12-28-42/h1-38H. The molecule has 1 spiro atoms. The zero-order chi connectivity index (χ0) is 42.6. The Morgan fingerprint density at radius 1 is 0.308 bits per heavy atom. The second-order valence-corrected chi connectivity index (χ2v) is 17.1. The van der Waals surface area contributed by atoms with Gasteiger partial charge in [-0.25, -0.2) is 0 Å². The van der Waals surface area contributed by atoms with Gasteiger partial charge in [0.15, 0.2) is 0 Å². The molecule has 0 bridgehead atoms. The molecule has 0 unspecified atom stereocenters. The van der Waals surface area contributed by atoms with Crippen LogP contribution in [0.2, 0.25) is 0 Å². The molecule has 0 radical (unpaired) electrons. The lowest BCUT2D eigenvalue weighted by Gasteiger charge is -2.33. The van der Waals surface area contributed by atoms with E-state index in [4.69, 9.17) is 8.83 Å². The van der Waals surface area contributed by atoms with E-state index in [1.54, 1.807) is 0 Å². The van der Waals surface area contributed by atoms with Gasteiger partial charge >= 0.3 is 0 Å². The summed E-state index contributed by atoms with van der Waals surface area (Å²) in [6, 6.07) is 82.9. The molecule has 0 amide bonds. The lowest BCUT2D eigenvalue weighted by atomic mass is 9.70. The molecule has 12 aromatic rings. The van der Waals surface area contributed by atoms with Crippen LogP contribution in [-0.2, 0) is 5.41 Å². The third-order valence-electron chi connectivity index (χ3n) is 13.8. The maximum atomic E-state index is 7.35. The SMILES string of the molecule is c1ccc(N(c2ccccc2)c2cc3c(c4oc5ccccc5c24)-c2c(cc(N(c4ccccc4)c4ccccc4)c4c2oc2ccccc24)C32c3ccccc3-c3ccccc32)cc1. The van der Waals surface area contributed by atoms with E-state index in [9.17, 15) is 0 Å². The number of anilines is 6. The summed E-state index contributed by atoms with van der Waals surface area (Å²) in [4.78, 5) is 4.81. The molecule has 304 valence electrons. The molecule has 0 atom stereocenters. The molecule has 0 saturated heterocycles. The van der Waals surface area contributed by atoms with Gasteiger partial charge in [0.25, 0.3) is 0 Å². The Morgan fingerprint density at radius 3 is 1.02 bits per heavy atom. The Hall–Kier alpha value is -8.60. The monoisotopic (exact) mass is 830 g/mol. The van der Waals surface area contributed by atoms with Gasteiger partial charge < -0.3 is 18.6 Å². The Bertz CT molecular complexity index is 3500. The summed E-state index contributed by atoms with van der Waals surface area (Å²) in [6.07, 6.45) is 0. The molecule has 2 heterocycles. The number of furan rings is 2. The molecule has 4 heteroatoms. The van der Waals surface area contributed by atoms with Crippen molar-refractivity contribution in [3.8, 4) is 22.3 Å². The highest BCUT2D eigenvalue weighted by atomic mass is 16.3. The van der Waals surface area contributed by atoms with Gasteiger partial charge in [-0.05, 0) is 106 Å². The first-order valence-electron chi connectivity index (χ1n) is 22.3. The summed E-state index contributed by atoms with van der Waals surface area (Å²) >= 11 is 0. The highest BCUT2D eigenvalue weighted by Crippen LogP contribution is 2.68. The maximum Gasteiger partial charge on any atom is 0.145 e. The van der Waals surface area contributed by atoms with Crippen LogP contribution in [0, 0.1) is 0 Å². The van der Waals surface area contributed by atoms with E-state index >= 15 is 0 Å². The zero-order valence-corrected chi connectivity index (χ0v) is 35.2. The minimum atomic E-state index is -0.764. The van der Waals surface area contributed by atoms with E-state index in [1.165, 1.54) is 22.3 Å². The first kappa shape index (κ1) is 35.9. The second-order valence-electron chi connectivity index (χ2n) is 17.1. The fraction of sp³-hybridized carbons (Fsp3) is 0.0164. The van der Waals surface area contributed by atoms with E-state index in [2.05, 4.69) is 240 Å². The number of nitrogens with zero attached hydrogens (tertiary/aromatic N) is 2. The average Bonchev–Trinajstić information content (AvgIpc) is 4.11. The molecular weight excluding hydrogens is 793 g/mol. The Morgan fingerprint density at radius 2 is 0.631 bits per heavy atom. The number of hydrogen-bond acceptors (Lipinski definition) is 4. The molecule has 65 heavy (non-hydrogen) atoms.